The van der Waals surface area contributed by atoms with Crippen molar-refractivity contribution in [2.24, 2.45) is 0 Å². The molecule has 1 aromatic rings. The molecule has 0 atom stereocenters. The highest BCUT2D eigenvalue weighted by Crippen LogP contribution is 2.29. The smallest absolute Gasteiger partial charge is 0.343 e. The van der Waals surface area contributed by atoms with Crippen LogP contribution in [0.1, 0.15) is 15.9 Å². The van der Waals surface area contributed by atoms with E-state index < -0.39 is 5.97 Å². The van der Waals surface area contributed by atoms with Gasteiger partial charge in [-0.3, -0.25) is 0 Å². The van der Waals surface area contributed by atoms with Gasteiger partial charge in [0.25, 0.3) is 0 Å². The van der Waals surface area contributed by atoms with Crippen LogP contribution in [0.25, 0.3) is 0 Å². The molecule has 1 rings (SSSR count). The number of hydrogen-bond acceptors (Lipinski definition) is 4. The van der Waals surface area contributed by atoms with Gasteiger partial charge >= 0.3 is 5.97 Å². The average Bonchev–Trinajstić information content (AvgIpc) is 2.26. The molecule has 0 aliphatic heterocycles. The van der Waals surface area contributed by atoms with E-state index in [1.54, 1.807) is 0 Å². The van der Waals surface area contributed by atoms with E-state index in [0.29, 0.717) is 11.3 Å². The molecule has 1 aromatic carbocycles. The van der Waals surface area contributed by atoms with E-state index >= 15 is 0 Å². The first-order valence-corrected chi connectivity index (χ1v) is 4.57. The number of hydrogen-bond donors (Lipinski definition) is 1. The summed E-state index contributed by atoms with van der Waals surface area (Å²) in [6.07, 6.45) is 0. The Balaban J connectivity index is 3.30. The number of methoxy groups -OCH3 is 2. The van der Waals surface area contributed by atoms with Gasteiger partial charge in [-0.05, 0) is 17.7 Å². The van der Waals surface area contributed by atoms with Gasteiger partial charge in [-0.1, -0.05) is 11.6 Å². The van der Waals surface area contributed by atoms with Crippen molar-refractivity contribution in [3.63, 3.8) is 0 Å². The van der Waals surface area contributed by atoms with Crippen LogP contribution in [-0.4, -0.2) is 25.3 Å². The molecule has 0 heterocycles. The molecule has 0 amide bonds. The number of carbonyl (C=O) groups excluding carboxylic acids is 1. The van der Waals surface area contributed by atoms with Crippen LogP contribution in [0.5, 0.6) is 5.75 Å². The Bertz CT molecular complexity index is 376. The van der Waals surface area contributed by atoms with E-state index in [0.717, 1.165) is 0 Å². The third-order valence-corrected chi connectivity index (χ3v) is 2.20. The van der Waals surface area contributed by atoms with Crippen molar-refractivity contribution in [2.45, 2.75) is 6.61 Å². The Kier molecular flexibility index (Phi) is 3.94. The summed E-state index contributed by atoms with van der Waals surface area (Å²) in [4.78, 5) is 11.4. The minimum Gasteiger partial charge on any atom is -0.496 e. The molecule has 0 radical (unpaired) electrons. The number of rotatable bonds is 3. The predicted molar refractivity (Wildman–Crippen MR) is 55.3 cm³/mol. The lowest BCUT2D eigenvalue weighted by atomic mass is 10.1. The lowest BCUT2D eigenvalue weighted by molar-refractivity contribution is 0.0597. The monoisotopic (exact) mass is 230 g/mol. The van der Waals surface area contributed by atoms with E-state index in [4.69, 9.17) is 21.4 Å². The van der Waals surface area contributed by atoms with E-state index in [1.807, 2.05) is 0 Å². The van der Waals surface area contributed by atoms with Gasteiger partial charge < -0.3 is 14.6 Å². The molecule has 0 fully saturated rings. The number of benzene rings is 1. The van der Waals surface area contributed by atoms with Gasteiger partial charge in [-0.25, -0.2) is 4.79 Å². The topological polar surface area (TPSA) is 55.8 Å². The summed E-state index contributed by atoms with van der Waals surface area (Å²) in [5.74, 6) is -0.278. The minimum absolute atomic E-state index is 0.166. The third kappa shape index (κ3) is 2.40. The number of halogens is 1. The zero-order valence-corrected chi connectivity index (χ0v) is 9.17. The summed E-state index contributed by atoms with van der Waals surface area (Å²) in [6, 6.07) is 3.04. The molecule has 0 unspecified atom stereocenters. The summed E-state index contributed by atoms with van der Waals surface area (Å²) in [7, 11) is 2.68. The fraction of sp³-hybridized carbons (Fsp3) is 0.300. The van der Waals surface area contributed by atoms with Crippen LogP contribution >= 0.6 is 11.6 Å². The van der Waals surface area contributed by atoms with Gasteiger partial charge in [0.05, 0.1) is 25.8 Å². The molecule has 0 spiro atoms. The van der Waals surface area contributed by atoms with Gasteiger partial charge in [0.2, 0.25) is 0 Å². The van der Waals surface area contributed by atoms with Crippen molar-refractivity contribution in [3.8, 4) is 5.75 Å². The molecule has 1 N–H and O–H groups in total. The number of aliphatic hydroxyl groups excluding tert-OH is 1. The highest BCUT2D eigenvalue weighted by Gasteiger charge is 2.18. The Morgan fingerprint density at radius 2 is 2.13 bits per heavy atom. The van der Waals surface area contributed by atoms with Crippen LogP contribution < -0.4 is 4.74 Å². The maximum Gasteiger partial charge on any atom is 0.343 e. The number of aliphatic hydroxyl groups is 1. The molecule has 0 saturated heterocycles. The van der Waals surface area contributed by atoms with Gasteiger partial charge in [0.15, 0.2) is 0 Å². The maximum atomic E-state index is 11.4. The minimum atomic E-state index is -0.568. The Hall–Kier alpha value is -1.26. The van der Waals surface area contributed by atoms with Crippen molar-refractivity contribution in [2.75, 3.05) is 14.2 Å². The quantitative estimate of drug-likeness (QED) is 0.802. The predicted octanol–water partition coefficient (Wildman–Crippen LogP) is 1.63. The van der Waals surface area contributed by atoms with Crippen LogP contribution in [0, 0.1) is 0 Å². The second-order valence-electron chi connectivity index (χ2n) is 2.80. The lowest BCUT2D eigenvalue weighted by Gasteiger charge is -2.10. The standard InChI is InChI=1S/C10H11ClO4/c1-14-8-4-6(5-12)3-7(11)9(8)10(13)15-2/h3-4,12H,5H2,1-2H3. The summed E-state index contributed by atoms with van der Waals surface area (Å²) < 4.78 is 9.56. The first kappa shape index (κ1) is 11.8. The average molecular weight is 231 g/mol. The molecule has 5 heteroatoms. The SMILES string of the molecule is COC(=O)c1c(Cl)cc(CO)cc1OC. The van der Waals surface area contributed by atoms with Crippen molar-refractivity contribution in [1.29, 1.82) is 0 Å². The Morgan fingerprint density at radius 1 is 1.47 bits per heavy atom. The molecule has 0 saturated carbocycles. The molecule has 4 nitrogen and oxygen atoms in total. The van der Waals surface area contributed by atoms with Crippen molar-refractivity contribution in [1.82, 2.24) is 0 Å². The first-order valence-electron chi connectivity index (χ1n) is 4.19. The van der Waals surface area contributed by atoms with E-state index in [2.05, 4.69) is 4.74 Å². The molecular formula is C10H11ClO4. The molecular weight excluding hydrogens is 220 g/mol. The van der Waals surface area contributed by atoms with Crippen LogP contribution in [0.4, 0.5) is 0 Å². The Morgan fingerprint density at radius 3 is 2.60 bits per heavy atom. The van der Waals surface area contributed by atoms with Gasteiger partial charge in [0, 0.05) is 0 Å². The number of carbonyl (C=O) groups is 1. The zero-order valence-electron chi connectivity index (χ0n) is 8.41. The van der Waals surface area contributed by atoms with Crippen LogP contribution in [0.3, 0.4) is 0 Å². The largest absolute Gasteiger partial charge is 0.496 e. The van der Waals surface area contributed by atoms with Crippen LogP contribution in [-0.2, 0) is 11.3 Å². The van der Waals surface area contributed by atoms with Crippen LogP contribution in [0.2, 0.25) is 5.02 Å². The van der Waals surface area contributed by atoms with Gasteiger partial charge in [-0.15, -0.1) is 0 Å². The Labute approximate surface area is 92.4 Å². The number of ether oxygens (including phenoxy) is 2. The molecule has 0 aromatic heterocycles. The fourth-order valence-electron chi connectivity index (χ4n) is 1.19. The van der Waals surface area contributed by atoms with Crippen molar-refractivity contribution >= 4 is 17.6 Å². The third-order valence-electron chi connectivity index (χ3n) is 1.91. The summed E-state index contributed by atoms with van der Waals surface area (Å²) in [6.45, 7) is -0.169. The van der Waals surface area contributed by atoms with E-state index in [-0.39, 0.29) is 17.2 Å². The summed E-state index contributed by atoms with van der Waals surface area (Å²) >= 11 is 5.87. The highest BCUT2D eigenvalue weighted by atomic mass is 35.5. The highest BCUT2D eigenvalue weighted by molar-refractivity contribution is 6.34. The maximum absolute atomic E-state index is 11.4. The van der Waals surface area contributed by atoms with E-state index in [9.17, 15) is 4.79 Å². The molecule has 0 bridgehead atoms. The zero-order chi connectivity index (χ0) is 11.4. The first-order chi connectivity index (χ1) is 7.13. The molecule has 15 heavy (non-hydrogen) atoms. The second-order valence-corrected chi connectivity index (χ2v) is 3.21. The van der Waals surface area contributed by atoms with Crippen LogP contribution in [0.15, 0.2) is 12.1 Å². The van der Waals surface area contributed by atoms with Crippen molar-refractivity contribution in [3.05, 3.63) is 28.3 Å². The normalized spacial score (nSPS) is 9.87. The number of esters is 1. The lowest BCUT2D eigenvalue weighted by Crippen LogP contribution is -2.06. The molecule has 0 aliphatic rings. The molecule has 82 valence electrons. The van der Waals surface area contributed by atoms with Gasteiger partial charge in [0.1, 0.15) is 11.3 Å². The van der Waals surface area contributed by atoms with Gasteiger partial charge in [-0.2, -0.15) is 0 Å². The summed E-state index contributed by atoms with van der Waals surface area (Å²) in [5.41, 5.74) is 0.739. The van der Waals surface area contributed by atoms with Crippen molar-refractivity contribution < 1.29 is 19.4 Å². The second kappa shape index (κ2) is 5.00. The fourth-order valence-corrected chi connectivity index (χ4v) is 1.50. The summed E-state index contributed by atoms with van der Waals surface area (Å²) in [5, 5.41) is 9.14. The van der Waals surface area contributed by atoms with E-state index in [1.165, 1.54) is 26.4 Å². The molecule has 0 aliphatic carbocycles.